The van der Waals surface area contributed by atoms with Gasteiger partial charge in [0.1, 0.15) is 17.2 Å². The summed E-state index contributed by atoms with van der Waals surface area (Å²) in [7, 11) is 0. The van der Waals surface area contributed by atoms with Crippen molar-refractivity contribution in [2.45, 2.75) is 13.8 Å². The third-order valence-corrected chi connectivity index (χ3v) is 3.15. The lowest BCUT2D eigenvalue weighted by molar-refractivity contribution is 0.101. The second kappa shape index (κ2) is 5.54. The van der Waals surface area contributed by atoms with E-state index in [0.29, 0.717) is 5.56 Å². The zero-order chi connectivity index (χ0) is 14.9. The van der Waals surface area contributed by atoms with E-state index < -0.39 is 23.1 Å². The lowest BCUT2D eigenvalue weighted by Gasteiger charge is -2.11. The normalized spacial score (nSPS) is 10.4. The molecule has 0 aliphatic carbocycles. The fourth-order valence-electron chi connectivity index (χ4n) is 1.72. The number of nitrogens with one attached hydrogen (secondary N) is 1. The van der Waals surface area contributed by atoms with Gasteiger partial charge in [0.05, 0.1) is 5.69 Å². The fourth-order valence-corrected chi connectivity index (χ4v) is 1.97. The molecule has 3 nitrogen and oxygen atoms in total. The molecular weight excluding hydrogens is 286 g/mol. The van der Waals surface area contributed by atoms with Crippen LogP contribution < -0.4 is 5.32 Å². The Labute approximate surface area is 119 Å². The molecule has 0 saturated carbocycles. The van der Waals surface area contributed by atoms with E-state index in [9.17, 15) is 13.6 Å². The summed E-state index contributed by atoms with van der Waals surface area (Å²) >= 11 is 5.86. The molecule has 1 N–H and O–H groups in total. The van der Waals surface area contributed by atoms with Crippen LogP contribution in [-0.4, -0.2) is 10.9 Å². The van der Waals surface area contributed by atoms with Crippen LogP contribution in [0.3, 0.4) is 0 Å². The van der Waals surface area contributed by atoms with Crippen LogP contribution in [0.1, 0.15) is 21.5 Å². The molecule has 0 bridgehead atoms. The zero-order valence-electron chi connectivity index (χ0n) is 10.8. The number of aryl methyl sites for hydroxylation is 2. The highest BCUT2D eigenvalue weighted by Crippen LogP contribution is 2.25. The standard InChI is InChI=1S/C14H11ClF2N2O/c1-7-3-4-9(16)10(11(7)17)14(20)19-12-8(2)5-6-18-13(12)15/h3-6H,1-2H3,(H,19,20). The van der Waals surface area contributed by atoms with Crippen molar-refractivity contribution in [3.63, 3.8) is 0 Å². The first-order valence-corrected chi connectivity index (χ1v) is 6.16. The summed E-state index contributed by atoms with van der Waals surface area (Å²) in [5.41, 5.74) is 0.432. The molecule has 0 radical (unpaired) electrons. The van der Waals surface area contributed by atoms with Gasteiger partial charge in [0.15, 0.2) is 5.15 Å². The molecule has 104 valence electrons. The highest BCUT2D eigenvalue weighted by Gasteiger charge is 2.20. The first-order valence-electron chi connectivity index (χ1n) is 5.79. The van der Waals surface area contributed by atoms with Gasteiger partial charge in [0.25, 0.3) is 5.91 Å². The molecule has 0 unspecified atom stereocenters. The van der Waals surface area contributed by atoms with E-state index in [4.69, 9.17) is 11.6 Å². The van der Waals surface area contributed by atoms with Crippen LogP contribution in [0, 0.1) is 25.5 Å². The number of halogens is 3. The van der Waals surface area contributed by atoms with Gasteiger partial charge in [-0.05, 0) is 37.1 Å². The molecule has 1 heterocycles. The molecule has 20 heavy (non-hydrogen) atoms. The molecule has 0 atom stereocenters. The van der Waals surface area contributed by atoms with Gasteiger partial charge >= 0.3 is 0 Å². The summed E-state index contributed by atoms with van der Waals surface area (Å²) in [5.74, 6) is -2.72. The van der Waals surface area contributed by atoms with Crippen molar-refractivity contribution in [2.75, 3.05) is 5.32 Å². The van der Waals surface area contributed by atoms with E-state index in [1.165, 1.54) is 19.2 Å². The molecule has 0 saturated heterocycles. The highest BCUT2D eigenvalue weighted by molar-refractivity contribution is 6.32. The van der Waals surface area contributed by atoms with Gasteiger partial charge in [-0.3, -0.25) is 4.79 Å². The molecule has 1 amide bonds. The van der Waals surface area contributed by atoms with Gasteiger partial charge < -0.3 is 5.32 Å². The molecule has 0 aliphatic rings. The van der Waals surface area contributed by atoms with E-state index >= 15 is 0 Å². The Morgan fingerprint density at radius 2 is 1.90 bits per heavy atom. The Kier molecular flexibility index (Phi) is 3.99. The van der Waals surface area contributed by atoms with Crippen molar-refractivity contribution in [2.24, 2.45) is 0 Å². The van der Waals surface area contributed by atoms with Crippen molar-refractivity contribution >= 4 is 23.2 Å². The van der Waals surface area contributed by atoms with Gasteiger partial charge in [-0.15, -0.1) is 0 Å². The van der Waals surface area contributed by atoms with E-state index in [2.05, 4.69) is 10.3 Å². The van der Waals surface area contributed by atoms with Gasteiger partial charge in [0.2, 0.25) is 0 Å². The van der Waals surface area contributed by atoms with Crippen LogP contribution in [-0.2, 0) is 0 Å². The lowest BCUT2D eigenvalue weighted by Crippen LogP contribution is -2.17. The predicted octanol–water partition coefficient (Wildman–Crippen LogP) is 3.88. The predicted molar refractivity (Wildman–Crippen MR) is 73.0 cm³/mol. The average Bonchev–Trinajstić information content (AvgIpc) is 2.39. The minimum Gasteiger partial charge on any atom is -0.319 e. The zero-order valence-corrected chi connectivity index (χ0v) is 11.6. The van der Waals surface area contributed by atoms with Crippen LogP contribution in [0.25, 0.3) is 0 Å². The van der Waals surface area contributed by atoms with Crippen LogP contribution >= 0.6 is 11.6 Å². The molecule has 2 rings (SSSR count). The van der Waals surface area contributed by atoms with Gasteiger partial charge in [-0.2, -0.15) is 0 Å². The molecule has 6 heteroatoms. The molecule has 2 aromatic rings. The van der Waals surface area contributed by atoms with Gasteiger partial charge in [0, 0.05) is 6.20 Å². The van der Waals surface area contributed by atoms with E-state index in [1.807, 2.05) is 0 Å². The number of nitrogens with zero attached hydrogens (tertiary/aromatic N) is 1. The number of hydrogen-bond acceptors (Lipinski definition) is 2. The summed E-state index contributed by atoms with van der Waals surface area (Å²) in [6.07, 6.45) is 1.47. The highest BCUT2D eigenvalue weighted by atomic mass is 35.5. The molecule has 0 aliphatic heterocycles. The van der Waals surface area contributed by atoms with Gasteiger partial charge in [-0.25, -0.2) is 13.8 Å². The first-order chi connectivity index (χ1) is 9.41. The van der Waals surface area contributed by atoms with Crippen LogP contribution in [0.5, 0.6) is 0 Å². The Morgan fingerprint density at radius 1 is 1.20 bits per heavy atom. The number of rotatable bonds is 2. The maximum Gasteiger partial charge on any atom is 0.261 e. The SMILES string of the molecule is Cc1ccc(F)c(C(=O)Nc2c(C)ccnc2Cl)c1F. The van der Waals surface area contributed by atoms with E-state index in [0.717, 1.165) is 6.07 Å². The Balaban J connectivity index is 2.41. The van der Waals surface area contributed by atoms with Crippen LogP contribution in [0.4, 0.5) is 14.5 Å². The third kappa shape index (κ3) is 2.63. The quantitative estimate of drug-likeness (QED) is 0.855. The summed E-state index contributed by atoms with van der Waals surface area (Å²) in [6, 6.07) is 3.94. The lowest BCUT2D eigenvalue weighted by atomic mass is 10.1. The number of carbonyl (C=O) groups excluding carboxylic acids is 1. The number of carbonyl (C=O) groups is 1. The maximum atomic E-state index is 13.9. The largest absolute Gasteiger partial charge is 0.319 e. The second-order valence-corrected chi connectivity index (χ2v) is 4.66. The number of benzene rings is 1. The van der Waals surface area contributed by atoms with Crippen molar-refractivity contribution < 1.29 is 13.6 Å². The molecule has 1 aromatic carbocycles. The summed E-state index contributed by atoms with van der Waals surface area (Å²) in [6.45, 7) is 3.15. The van der Waals surface area contributed by atoms with Crippen molar-refractivity contribution in [3.05, 3.63) is 57.9 Å². The van der Waals surface area contributed by atoms with E-state index in [-0.39, 0.29) is 16.4 Å². The molecule has 0 spiro atoms. The molecule has 0 fully saturated rings. The second-order valence-electron chi connectivity index (χ2n) is 4.30. The third-order valence-electron chi connectivity index (χ3n) is 2.86. The first kappa shape index (κ1) is 14.4. The van der Waals surface area contributed by atoms with Crippen LogP contribution in [0.2, 0.25) is 5.15 Å². The Morgan fingerprint density at radius 3 is 2.55 bits per heavy atom. The Bertz CT molecular complexity index is 669. The van der Waals surface area contributed by atoms with Gasteiger partial charge in [-0.1, -0.05) is 17.7 Å². The monoisotopic (exact) mass is 296 g/mol. The number of aromatic nitrogens is 1. The molecule has 1 aromatic heterocycles. The van der Waals surface area contributed by atoms with Crippen molar-refractivity contribution in [3.8, 4) is 0 Å². The minimum absolute atomic E-state index is 0.0619. The van der Waals surface area contributed by atoms with E-state index in [1.54, 1.807) is 13.0 Å². The number of anilines is 1. The maximum absolute atomic E-state index is 13.9. The van der Waals surface area contributed by atoms with Crippen molar-refractivity contribution in [1.82, 2.24) is 4.98 Å². The number of hydrogen-bond donors (Lipinski definition) is 1. The molecular formula is C14H11ClF2N2O. The smallest absolute Gasteiger partial charge is 0.261 e. The Hall–Kier alpha value is -2.01. The topological polar surface area (TPSA) is 42.0 Å². The summed E-state index contributed by atoms with van der Waals surface area (Å²) in [5, 5.41) is 2.45. The average molecular weight is 297 g/mol. The minimum atomic E-state index is -0.928. The van der Waals surface area contributed by atoms with Crippen LogP contribution in [0.15, 0.2) is 24.4 Å². The number of amides is 1. The summed E-state index contributed by atoms with van der Waals surface area (Å²) in [4.78, 5) is 15.8. The van der Waals surface area contributed by atoms with Crippen molar-refractivity contribution in [1.29, 1.82) is 0 Å². The summed E-state index contributed by atoms with van der Waals surface area (Å²) < 4.78 is 27.5. The number of pyridine rings is 1. The fraction of sp³-hybridized carbons (Fsp3) is 0.143.